The van der Waals surface area contributed by atoms with Gasteiger partial charge >= 0.3 is 0 Å². The summed E-state index contributed by atoms with van der Waals surface area (Å²) in [7, 11) is 1.58. The van der Waals surface area contributed by atoms with Crippen molar-refractivity contribution >= 4 is 33.1 Å². The third-order valence-electron chi connectivity index (χ3n) is 4.69. The highest BCUT2D eigenvalue weighted by Crippen LogP contribution is 2.33. The molecule has 5 heteroatoms. The number of ether oxygens (including phenoxy) is 1. The summed E-state index contributed by atoms with van der Waals surface area (Å²) in [6, 6.07) is 19.7. The highest BCUT2D eigenvalue weighted by molar-refractivity contribution is 7.21. The molecule has 0 saturated heterocycles. The van der Waals surface area contributed by atoms with Gasteiger partial charge in [0.1, 0.15) is 10.8 Å². The average Bonchev–Trinajstić information content (AvgIpc) is 3.13. The minimum Gasteiger partial charge on any atom is -0.496 e. The Morgan fingerprint density at radius 2 is 1.82 bits per heavy atom. The van der Waals surface area contributed by atoms with Gasteiger partial charge < -0.3 is 10.1 Å². The molecule has 3 aromatic carbocycles. The van der Waals surface area contributed by atoms with Crippen molar-refractivity contribution in [2.24, 2.45) is 0 Å². The number of fused-ring (bicyclic) bond motifs is 1. The van der Waals surface area contributed by atoms with Crippen LogP contribution in [0.2, 0.25) is 0 Å². The highest BCUT2D eigenvalue weighted by Gasteiger charge is 2.16. The van der Waals surface area contributed by atoms with Gasteiger partial charge in [0.15, 0.2) is 0 Å². The molecule has 0 atom stereocenters. The van der Waals surface area contributed by atoms with Gasteiger partial charge in [-0.15, -0.1) is 11.3 Å². The SMILES string of the molecule is COc1c(C)cccc1C(=O)Nc1cc(-c2nc3ccccc3s2)ccc1C. The normalized spacial score (nSPS) is 10.8. The summed E-state index contributed by atoms with van der Waals surface area (Å²) in [5.74, 6) is 0.407. The van der Waals surface area contributed by atoms with E-state index in [0.717, 1.165) is 37.6 Å². The largest absolute Gasteiger partial charge is 0.496 e. The van der Waals surface area contributed by atoms with Crippen molar-refractivity contribution in [1.82, 2.24) is 4.98 Å². The van der Waals surface area contributed by atoms with Crippen LogP contribution in [0.5, 0.6) is 5.75 Å². The van der Waals surface area contributed by atoms with Gasteiger partial charge in [-0.3, -0.25) is 4.79 Å². The molecule has 4 aromatic rings. The third-order valence-corrected chi connectivity index (χ3v) is 5.77. The van der Waals surface area contributed by atoms with E-state index < -0.39 is 0 Å². The minimum atomic E-state index is -0.190. The number of benzene rings is 3. The molecule has 0 aliphatic rings. The predicted octanol–water partition coefficient (Wildman–Crippen LogP) is 5.84. The Labute approximate surface area is 167 Å². The minimum absolute atomic E-state index is 0.190. The number of anilines is 1. The van der Waals surface area contributed by atoms with E-state index in [1.165, 1.54) is 0 Å². The molecule has 28 heavy (non-hydrogen) atoms. The van der Waals surface area contributed by atoms with Crippen LogP contribution in [0.1, 0.15) is 21.5 Å². The molecule has 1 heterocycles. The van der Waals surface area contributed by atoms with Gasteiger partial charge in [0.2, 0.25) is 0 Å². The van der Waals surface area contributed by atoms with Crippen LogP contribution >= 0.6 is 11.3 Å². The number of nitrogens with zero attached hydrogens (tertiary/aromatic N) is 1. The zero-order valence-electron chi connectivity index (χ0n) is 15.9. The van der Waals surface area contributed by atoms with E-state index >= 15 is 0 Å². The van der Waals surface area contributed by atoms with Crippen LogP contribution in [0.25, 0.3) is 20.8 Å². The molecule has 0 bridgehead atoms. The zero-order valence-corrected chi connectivity index (χ0v) is 16.8. The Balaban J connectivity index is 1.68. The number of aromatic nitrogens is 1. The summed E-state index contributed by atoms with van der Waals surface area (Å²) in [6.45, 7) is 3.90. The number of para-hydroxylation sites is 2. The standard InChI is InChI=1S/C23H20N2O2S/c1-14-11-12-16(23-25-18-9-4-5-10-20(18)28-23)13-19(14)24-22(26)17-8-6-7-15(2)21(17)27-3/h4-13H,1-3H3,(H,24,26). The number of aryl methyl sites for hydroxylation is 2. The van der Waals surface area contributed by atoms with Gasteiger partial charge in [-0.05, 0) is 49.2 Å². The van der Waals surface area contributed by atoms with E-state index in [1.807, 2.05) is 62.4 Å². The number of methoxy groups -OCH3 is 1. The Morgan fingerprint density at radius 1 is 1.00 bits per heavy atom. The van der Waals surface area contributed by atoms with Crippen LogP contribution < -0.4 is 10.1 Å². The van der Waals surface area contributed by atoms with Crippen molar-refractivity contribution in [1.29, 1.82) is 0 Å². The fraction of sp³-hybridized carbons (Fsp3) is 0.130. The highest BCUT2D eigenvalue weighted by atomic mass is 32.1. The Bertz CT molecular complexity index is 1150. The van der Waals surface area contributed by atoms with Crippen molar-refractivity contribution in [3.8, 4) is 16.3 Å². The average molecular weight is 388 g/mol. The van der Waals surface area contributed by atoms with Crippen LogP contribution in [0.3, 0.4) is 0 Å². The molecule has 0 fully saturated rings. The lowest BCUT2D eigenvalue weighted by Gasteiger charge is -2.13. The maximum atomic E-state index is 12.9. The Kier molecular flexibility index (Phi) is 4.84. The molecular weight excluding hydrogens is 368 g/mol. The number of amides is 1. The van der Waals surface area contributed by atoms with Crippen molar-refractivity contribution < 1.29 is 9.53 Å². The van der Waals surface area contributed by atoms with Crippen molar-refractivity contribution in [3.63, 3.8) is 0 Å². The first-order chi connectivity index (χ1) is 13.6. The molecule has 140 valence electrons. The fourth-order valence-corrected chi connectivity index (χ4v) is 4.14. The quantitative estimate of drug-likeness (QED) is 0.478. The summed E-state index contributed by atoms with van der Waals surface area (Å²) in [6.07, 6.45) is 0. The maximum absolute atomic E-state index is 12.9. The Morgan fingerprint density at radius 3 is 2.61 bits per heavy atom. The summed E-state index contributed by atoms with van der Waals surface area (Å²) < 4.78 is 6.57. The van der Waals surface area contributed by atoms with Crippen LogP contribution in [0.4, 0.5) is 5.69 Å². The molecule has 4 rings (SSSR count). The fourth-order valence-electron chi connectivity index (χ4n) is 3.18. The summed E-state index contributed by atoms with van der Waals surface area (Å²) >= 11 is 1.64. The number of hydrogen-bond donors (Lipinski definition) is 1. The second-order valence-electron chi connectivity index (χ2n) is 6.63. The number of carbonyl (C=O) groups is 1. The van der Waals surface area contributed by atoms with E-state index in [4.69, 9.17) is 9.72 Å². The number of hydrogen-bond acceptors (Lipinski definition) is 4. The summed E-state index contributed by atoms with van der Waals surface area (Å²) in [5, 5.41) is 3.97. The van der Waals surface area contributed by atoms with Gasteiger partial charge in [0, 0.05) is 11.3 Å². The lowest BCUT2D eigenvalue weighted by Crippen LogP contribution is -2.14. The lowest BCUT2D eigenvalue weighted by molar-refractivity contribution is 0.102. The first-order valence-electron chi connectivity index (χ1n) is 8.98. The molecule has 0 aliphatic heterocycles. The van der Waals surface area contributed by atoms with Crippen molar-refractivity contribution in [2.75, 3.05) is 12.4 Å². The van der Waals surface area contributed by atoms with Crippen LogP contribution in [-0.2, 0) is 0 Å². The predicted molar refractivity (Wildman–Crippen MR) is 115 cm³/mol. The molecular formula is C23H20N2O2S. The molecule has 1 N–H and O–H groups in total. The number of nitrogens with one attached hydrogen (secondary N) is 1. The van der Waals surface area contributed by atoms with E-state index in [0.29, 0.717) is 11.3 Å². The lowest BCUT2D eigenvalue weighted by atomic mass is 10.1. The first kappa shape index (κ1) is 18.2. The molecule has 0 saturated carbocycles. The van der Waals surface area contributed by atoms with Crippen LogP contribution in [-0.4, -0.2) is 18.0 Å². The smallest absolute Gasteiger partial charge is 0.259 e. The molecule has 4 nitrogen and oxygen atoms in total. The zero-order chi connectivity index (χ0) is 19.7. The molecule has 1 amide bonds. The van der Waals surface area contributed by atoms with Gasteiger partial charge in [0.25, 0.3) is 5.91 Å². The van der Waals surface area contributed by atoms with Crippen molar-refractivity contribution in [3.05, 3.63) is 77.4 Å². The number of carbonyl (C=O) groups excluding carboxylic acids is 1. The maximum Gasteiger partial charge on any atom is 0.259 e. The van der Waals surface area contributed by atoms with E-state index in [1.54, 1.807) is 24.5 Å². The molecule has 0 radical (unpaired) electrons. The first-order valence-corrected chi connectivity index (χ1v) is 9.80. The van der Waals surface area contributed by atoms with Gasteiger partial charge in [-0.2, -0.15) is 0 Å². The second kappa shape index (κ2) is 7.44. The van der Waals surface area contributed by atoms with E-state index in [9.17, 15) is 4.79 Å². The van der Waals surface area contributed by atoms with Crippen molar-refractivity contribution in [2.45, 2.75) is 13.8 Å². The molecule has 1 aromatic heterocycles. The molecule has 0 unspecified atom stereocenters. The van der Waals surface area contributed by atoms with Crippen LogP contribution in [0, 0.1) is 13.8 Å². The number of thiazole rings is 1. The topological polar surface area (TPSA) is 51.2 Å². The Hall–Kier alpha value is -3.18. The summed E-state index contributed by atoms with van der Waals surface area (Å²) in [4.78, 5) is 17.6. The van der Waals surface area contributed by atoms with Gasteiger partial charge in [0.05, 0.1) is 22.9 Å². The molecule has 0 aliphatic carbocycles. The second-order valence-corrected chi connectivity index (χ2v) is 7.66. The molecule has 0 spiro atoms. The van der Waals surface area contributed by atoms with Crippen LogP contribution in [0.15, 0.2) is 60.7 Å². The van der Waals surface area contributed by atoms with E-state index in [2.05, 4.69) is 11.4 Å². The van der Waals surface area contributed by atoms with Gasteiger partial charge in [-0.25, -0.2) is 4.98 Å². The monoisotopic (exact) mass is 388 g/mol. The summed E-state index contributed by atoms with van der Waals surface area (Å²) in [5.41, 5.74) is 5.17. The third kappa shape index (κ3) is 3.37. The number of rotatable bonds is 4. The van der Waals surface area contributed by atoms with Gasteiger partial charge in [-0.1, -0.05) is 36.4 Å². The van der Waals surface area contributed by atoms with E-state index in [-0.39, 0.29) is 5.91 Å².